The van der Waals surface area contributed by atoms with Crippen molar-refractivity contribution in [3.63, 3.8) is 0 Å². The lowest BCUT2D eigenvalue weighted by atomic mass is 10.1. The van der Waals surface area contributed by atoms with Crippen LogP contribution in [0, 0.1) is 6.92 Å². The normalized spacial score (nSPS) is 11.8. The lowest BCUT2D eigenvalue weighted by molar-refractivity contribution is -0.142. The molecule has 0 heterocycles. The van der Waals surface area contributed by atoms with Crippen LogP contribution in [0.1, 0.15) is 31.9 Å². The van der Waals surface area contributed by atoms with Gasteiger partial charge in [-0.15, -0.1) is 0 Å². The molecule has 0 aliphatic heterocycles. The van der Waals surface area contributed by atoms with Gasteiger partial charge in [-0.25, -0.2) is 0 Å². The monoisotopic (exact) mass is 436 g/mol. The highest BCUT2D eigenvalue weighted by atomic mass is 35.5. The maximum Gasteiger partial charge on any atom is 0.261 e. The first-order valence-corrected chi connectivity index (χ1v) is 10.2. The van der Waals surface area contributed by atoms with Gasteiger partial charge in [-0.1, -0.05) is 47.5 Å². The molecule has 1 N–H and O–H groups in total. The minimum absolute atomic E-state index is 0.0377. The molecule has 2 aromatic rings. The predicted octanol–water partition coefficient (Wildman–Crippen LogP) is 4.62. The lowest BCUT2D eigenvalue weighted by Gasteiger charge is -2.29. The highest BCUT2D eigenvalue weighted by Gasteiger charge is 2.27. The Morgan fingerprint density at radius 3 is 2.41 bits per heavy atom. The fraction of sp³-hybridized carbons (Fsp3) is 0.364. The Morgan fingerprint density at radius 2 is 1.79 bits per heavy atom. The standard InChI is InChI=1S/C22H26Cl2N2O3/c1-14(2)25-22(28)16(4)26(12-17-9-10-18(23)11-19(17)24)21(27)13-29-20-8-6-5-7-15(20)3/h5-11,14,16H,12-13H2,1-4H3,(H,25,28). The van der Waals surface area contributed by atoms with Crippen molar-refractivity contribution in [3.8, 4) is 5.75 Å². The minimum Gasteiger partial charge on any atom is -0.484 e. The van der Waals surface area contributed by atoms with Gasteiger partial charge in [0.05, 0.1) is 0 Å². The number of nitrogens with zero attached hydrogens (tertiary/aromatic N) is 1. The Labute approximate surface area is 181 Å². The van der Waals surface area contributed by atoms with Crippen molar-refractivity contribution < 1.29 is 14.3 Å². The molecule has 0 aliphatic rings. The summed E-state index contributed by atoms with van der Waals surface area (Å²) in [5.41, 5.74) is 1.63. The van der Waals surface area contributed by atoms with Gasteiger partial charge in [-0.3, -0.25) is 9.59 Å². The molecule has 2 rings (SSSR count). The molecule has 29 heavy (non-hydrogen) atoms. The predicted molar refractivity (Wildman–Crippen MR) is 116 cm³/mol. The Bertz CT molecular complexity index is 871. The number of carbonyl (C=O) groups is 2. The molecule has 0 bridgehead atoms. The number of aryl methyl sites for hydroxylation is 1. The van der Waals surface area contributed by atoms with Crippen LogP contribution >= 0.6 is 23.2 Å². The van der Waals surface area contributed by atoms with Crippen molar-refractivity contribution in [3.05, 3.63) is 63.6 Å². The van der Waals surface area contributed by atoms with Crippen LogP contribution in [0.5, 0.6) is 5.75 Å². The second kappa shape index (κ2) is 10.5. The fourth-order valence-corrected chi connectivity index (χ4v) is 3.23. The zero-order valence-electron chi connectivity index (χ0n) is 17.0. The first-order valence-electron chi connectivity index (χ1n) is 9.41. The molecular weight excluding hydrogens is 411 g/mol. The summed E-state index contributed by atoms with van der Waals surface area (Å²) in [7, 11) is 0. The first kappa shape index (κ1) is 23.0. The first-order chi connectivity index (χ1) is 13.7. The van der Waals surface area contributed by atoms with Gasteiger partial charge in [0.25, 0.3) is 5.91 Å². The highest BCUT2D eigenvalue weighted by Crippen LogP contribution is 2.23. The molecule has 0 aliphatic carbocycles. The van der Waals surface area contributed by atoms with Crippen molar-refractivity contribution in [1.29, 1.82) is 0 Å². The summed E-state index contributed by atoms with van der Waals surface area (Å²) >= 11 is 12.3. The summed E-state index contributed by atoms with van der Waals surface area (Å²) in [4.78, 5) is 27.0. The van der Waals surface area contributed by atoms with Gasteiger partial charge in [0.2, 0.25) is 5.91 Å². The minimum atomic E-state index is -0.697. The van der Waals surface area contributed by atoms with Crippen LogP contribution in [0.3, 0.4) is 0 Å². The van der Waals surface area contributed by atoms with Crippen LogP contribution in [0.2, 0.25) is 10.0 Å². The summed E-state index contributed by atoms with van der Waals surface area (Å²) in [5.74, 6) is 0.0737. The highest BCUT2D eigenvalue weighted by molar-refractivity contribution is 6.35. The molecule has 7 heteroatoms. The van der Waals surface area contributed by atoms with Crippen LogP contribution < -0.4 is 10.1 Å². The Morgan fingerprint density at radius 1 is 1.10 bits per heavy atom. The Balaban J connectivity index is 2.21. The molecule has 0 saturated carbocycles. The molecule has 0 radical (unpaired) electrons. The van der Waals surface area contributed by atoms with E-state index in [1.807, 2.05) is 39.0 Å². The number of nitrogens with one attached hydrogen (secondary N) is 1. The number of para-hydroxylation sites is 1. The molecule has 2 aromatic carbocycles. The van der Waals surface area contributed by atoms with E-state index in [4.69, 9.17) is 27.9 Å². The largest absolute Gasteiger partial charge is 0.484 e. The number of amides is 2. The van der Waals surface area contributed by atoms with E-state index in [-0.39, 0.29) is 31.0 Å². The fourth-order valence-electron chi connectivity index (χ4n) is 2.76. The lowest BCUT2D eigenvalue weighted by Crippen LogP contribution is -2.50. The number of hydrogen-bond donors (Lipinski definition) is 1. The third-order valence-corrected chi connectivity index (χ3v) is 4.99. The van der Waals surface area contributed by atoms with Crippen molar-refractivity contribution >= 4 is 35.0 Å². The van der Waals surface area contributed by atoms with Crippen LogP contribution in [-0.2, 0) is 16.1 Å². The molecule has 0 saturated heterocycles. The smallest absolute Gasteiger partial charge is 0.261 e. The maximum atomic E-state index is 13.0. The molecule has 5 nitrogen and oxygen atoms in total. The number of rotatable bonds is 8. The van der Waals surface area contributed by atoms with Crippen molar-refractivity contribution in [2.24, 2.45) is 0 Å². The van der Waals surface area contributed by atoms with Crippen molar-refractivity contribution in [2.45, 2.75) is 46.3 Å². The van der Waals surface area contributed by atoms with Crippen LogP contribution in [0.4, 0.5) is 0 Å². The molecule has 0 fully saturated rings. The second-order valence-corrected chi connectivity index (χ2v) is 7.99. The summed E-state index contributed by atoms with van der Waals surface area (Å²) in [5, 5.41) is 3.78. The summed E-state index contributed by atoms with van der Waals surface area (Å²) in [6.45, 7) is 7.31. The molecule has 2 amide bonds. The number of carbonyl (C=O) groups excluding carboxylic acids is 2. The van der Waals surface area contributed by atoms with Gasteiger partial charge in [0, 0.05) is 22.6 Å². The zero-order valence-corrected chi connectivity index (χ0v) is 18.6. The third kappa shape index (κ3) is 6.65. The number of ether oxygens (including phenoxy) is 1. The molecule has 1 atom stereocenters. The van der Waals surface area contributed by atoms with Crippen molar-refractivity contribution in [1.82, 2.24) is 10.2 Å². The molecule has 1 unspecified atom stereocenters. The number of hydrogen-bond acceptors (Lipinski definition) is 3. The molecule has 156 valence electrons. The van der Waals surface area contributed by atoms with Gasteiger partial charge in [-0.2, -0.15) is 0 Å². The number of halogens is 2. The van der Waals surface area contributed by atoms with E-state index in [0.717, 1.165) is 5.56 Å². The van der Waals surface area contributed by atoms with Gasteiger partial charge in [0.1, 0.15) is 11.8 Å². The van der Waals surface area contributed by atoms with Gasteiger partial charge in [0.15, 0.2) is 6.61 Å². The topological polar surface area (TPSA) is 58.6 Å². The van der Waals surface area contributed by atoms with Gasteiger partial charge < -0.3 is 15.0 Å². The van der Waals surface area contributed by atoms with E-state index in [2.05, 4.69) is 5.32 Å². The maximum absolute atomic E-state index is 13.0. The van der Waals surface area contributed by atoms with E-state index in [0.29, 0.717) is 21.4 Å². The van der Waals surface area contributed by atoms with Gasteiger partial charge in [-0.05, 0) is 57.0 Å². The summed E-state index contributed by atoms with van der Waals surface area (Å²) in [6, 6.07) is 11.8. The van der Waals surface area contributed by atoms with Gasteiger partial charge >= 0.3 is 0 Å². The quantitative estimate of drug-likeness (QED) is 0.656. The van der Waals surface area contributed by atoms with E-state index in [1.54, 1.807) is 31.2 Å². The van der Waals surface area contributed by atoms with Crippen LogP contribution in [-0.4, -0.2) is 35.4 Å². The van der Waals surface area contributed by atoms with E-state index in [1.165, 1.54) is 4.90 Å². The average Bonchev–Trinajstić information content (AvgIpc) is 2.65. The average molecular weight is 437 g/mol. The number of benzene rings is 2. The molecule has 0 aromatic heterocycles. The third-order valence-electron chi connectivity index (χ3n) is 4.40. The summed E-state index contributed by atoms with van der Waals surface area (Å²) < 4.78 is 5.70. The van der Waals surface area contributed by atoms with Crippen LogP contribution in [0.25, 0.3) is 0 Å². The van der Waals surface area contributed by atoms with E-state index >= 15 is 0 Å². The zero-order chi connectivity index (χ0) is 21.6. The Kier molecular flexibility index (Phi) is 8.35. The van der Waals surface area contributed by atoms with Crippen LogP contribution in [0.15, 0.2) is 42.5 Å². The summed E-state index contributed by atoms with van der Waals surface area (Å²) in [6.07, 6.45) is 0. The van der Waals surface area contributed by atoms with E-state index < -0.39 is 6.04 Å². The Hall–Kier alpha value is -2.24. The second-order valence-electron chi connectivity index (χ2n) is 7.15. The molecule has 0 spiro atoms. The molecular formula is C22H26Cl2N2O3. The van der Waals surface area contributed by atoms with Crippen molar-refractivity contribution in [2.75, 3.05) is 6.61 Å². The SMILES string of the molecule is Cc1ccccc1OCC(=O)N(Cc1ccc(Cl)cc1Cl)C(C)C(=O)NC(C)C. The van der Waals surface area contributed by atoms with E-state index in [9.17, 15) is 9.59 Å².